The average Bonchev–Trinajstić information content (AvgIpc) is 3.17. The van der Waals surface area contributed by atoms with Crippen molar-refractivity contribution in [3.8, 4) is 11.5 Å². The number of para-hydroxylation sites is 1. The van der Waals surface area contributed by atoms with Crippen LogP contribution in [0.15, 0.2) is 48.7 Å². The molecule has 0 radical (unpaired) electrons. The predicted molar refractivity (Wildman–Crippen MR) is 125 cm³/mol. The van der Waals surface area contributed by atoms with Gasteiger partial charge in [-0.3, -0.25) is 9.69 Å². The first kappa shape index (κ1) is 22.2. The molecule has 1 atom stereocenters. The number of rotatable bonds is 8. The molecular weight excluding hydrogens is 406 g/mol. The van der Waals surface area contributed by atoms with E-state index >= 15 is 0 Å². The van der Waals surface area contributed by atoms with Gasteiger partial charge < -0.3 is 24.1 Å². The lowest BCUT2D eigenvalue weighted by Crippen LogP contribution is -2.43. The Balaban J connectivity index is 1.58. The van der Waals surface area contributed by atoms with Gasteiger partial charge >= 0.3 is 0 Å². The molecule has 2 heterocycles. The molecule has 0 aliphatic carbocycles. The van der Waals surface area contributed by atoms with E-state index in [0.717, 1.165) is 35.3 Å². The van der Waals surface area contributed by atoms with Gasteiger partial charge in [-0.15, -0.1) is 0 Å². The number of carbonyl (C=O) groups excluding carboxylic acids is 1. The highest BCUT2D eigenvalue weighted by atomic mass is 16.5. The normalized spacial score (nSPS) is 15.5. The van der Waals surface area contributed by atoms with Gasteiger partial charge in [-0.25, -0.2) is 0 Å². The Morgan fingerprint density at radius 3 is 2.69 bits per heavy atom. The van der Waals surface area contributed by atoms with Gasteiger partial charge in [0.15, 0.2) is 11.5 Å². The van der Waals surface area contributed by atoms with Crippen molar-refractivity contribution in [3.05, 3.63) is 59.8 Å². The van der Waals surface area contributed by atoms with E-state index in [2.05, 4.69) is 16.3 Å². The van der Waals surface area contributed by atoms with Crippen LogP contribution in [0.3, 0.4) is 0 Å². The lowest BCUT2D eigenvalue weighted by molar-refractivity contribution is 0.0162. The zero-order chi connectivity index (χ0) is 22.5. The Labute approximate surface area is 188 Å². The van der Waals surface area contributed by atoms with Gasteiger partial charge in [-0.05, 0) is 30.7 Å². The van der Waals surface area contributed by atoms with Gasteiger partial charge in [0.2, 0.25) is 0 Å². The second-order valence-electron chi connectivity index (χ2n) is 7.89. The largest absolute Gasteiger partial charge is 0.493 e. The van der Waals surface area contributed by atoms with E-state index in [0.29, 0.717) is 37.7 Å². The van der Waals surface area contributed by atoms with Gasteiger partial charge in [0, 0.05) is 43.8 Å². The van der Waals surface area contributed by atoms with Crippen LogP contribution in [-0.2, 0) is 11.8 Å². The van der Waals surface area contributed by atoms with Crippen LogP contribution in [0.4, 0.5) is 0 Å². The van der Waals surface area contributed by atoms with Crippen molar-refractivity contribution in [2.24, 2.45) is 7.05 Å². The first-order valence-corrected chi connectivity index (χ1v) is 11.1. The number of ether oxygens (including phenoxy) is 3. The monoisotopic (exact) mass is 437 g/mol. The highest BCUT2D eigenvalue weighted by molar-refractivity contribution is 6.07. The molecule has 32 heavy (non-hydrogen) atoms. The summed E-state index contributed by atoms with van der Waals surface area (Å²) in [6.07, 6.45) is 1.89. The maximum absolute atomic E-state index is 13.1. The first-order valence-electron chi connectivity index (χ1n) is 11.1. The van der Waals surface area contributed by atoms with Crippen molar-refractivity contribution >= 4 is 16.8 Å². The Kier molecular flexibility index (Phi) is 6.97. The minimum atomic E-state index is -0.0713. The van der Waals surface area contributed by atoms with Crippen LogP contribution in [0.25, 0.3) is 10.9 Å². The van der Waals surface area contributed by atoms with Crippen molar-refractivity contribution in [1.82, 2.24) is 14.8 Å². The lowest BCUT2D eigenvalue weighted by Gasteiger charge is -2.35. The third-order valence-electron chi connectivity index (χ3n) is 5.96. The zero-order valence-corrected chi connectivity index (χ0v) is 19.0. The summed E-state index contributed by atoms with van der Waals surface area (Å²) in [5.74, 6) is 1.35. The summed E-state index contributed by atoms with van der Waals surface area (Å²) in [6.45, 7) is 5.99. The molecule has 0 bridgehead atoms. The quantitative estimate of drug-likeness (QED) is 0.585. The summed E-state index contributed by atoms with van der Waals surface area (Å²) < 4.78 is 18.8. The zero-order valence-electron chi connectivity index (χ0n) is 19.0. The number of hydrogen-bond acceptors (Lipinski definition) is 5. The van der Waals surface area contributed by atoms with E-state index in [1.807, 2.05) is 61.1 Å². The molecule has 0 saturated carbocycles. The molecule has 1 aliphatic rings. The maximum Gasteiger partial charge on any atom is 0.253 e. The van der Waals surface area contributed by atoms with E-state index in [4.69, 9.17) is 14.2 Å². The fourth-order valence-electron chi connectivity index (χ4n) is 4.32. The number of nitrogens with one attached hydrogen (secondary N) is 1. The SMILES string of the molecule is CCOc1ccc([C@H](CNC(=O)c2cn(C)c3ccccc23)N2CCOCC2)cc1OC. The molecular formula is C25H31N3O4. The Hall–Kier alpha value is -3.03. The van der Waals surface area contributed by atoms with Crippen molar-refractivity contribution in [1.29, 1.82) is 0 Å². The summed E-state index contributed by atoms with van der Waals surface area (Å²) in [4.78, 5) is 15.5. The number of carbonyl (C=O) groups is 1. The third kappa shape index (κ3) is 4.59. The van der Waals surface area contributed by atoms with Gasteiger partial charge in [0.25, 0.3) is 5.91 Å². The van der Waals surface area contributed by atoms with E-state index in [-0.39, 0.29) is 11.9 Å². The average molecular weight is 438 g/mol. The number of hydrogen-bond donors (Lipinski definition) is 1. The van der Waals surface area contributed by atoms with Crippen LogP contribution >= 0.6 is 0 Å². The number of nitrogens with zero attached hydrogens (tertiary/aromatic N) is 2. The molecule has 1 saturated heterocycles. The second-order valence-corrected chi connectivity index (χ2v) is 7.89. The third-order valence-corrected chi connectivity index (χ3v) is 5.96. The highest BCUT2D eigenvalue weighted by Crippen LogP contribution is 2.32. The van der Waals surface area contributed by atoms with E-state index < -0.39 is 0 Å². The van der Waals surface area contributed by atoms with Crippen molar-refractivity contribution in [2.45, 2.75) is 13.0 Å². The molecule has 1 aliphatic heterocycles. The van der Waals surface area contributed by atoms with Gasteiger partial charge in [-0.1, -0.05) is 24.3 Å². The minimum absolute atomic E-state index is 0.00222. The topological polar surface area (TPSA) is 65.0 Å². The van der Waals surface area contributed by atoms with Gasteiger partial charge in [0.05, 0.1) is 38.5 Å². The van der Waals surface area contributed by atoms with E-state index in [1.165, 1.54) is 0 Å². The van der Waals surface area contributed by atoms with Gasteiger partial charge in [0.1, 0.15) is 0 Å². The number of amides is 1. The van der Waals surface area contributed by atoms with Crippen molar-refractivity contribution in [2.75, 3.05) is 46.6 Å². The predicted octanol–water partition coefficient (Wildman–Crippen LogP) is 3.39. The Bertz CT molecular complexity index is 1070. The van der Waals surface area contributed by atoms with E-state index in [1.54, 1.807) is 7.11 Å². The van der Waals surface area contributed by atoms with E-state index in [9.17, 15) is 4.79 Å². The molecule has 3 aromatic rings. The summed E-state index contributed by atoms with van der Waals surface area (Å²) in [6, 6.07) is 14.0. The van der Waals surface area contributed by atoms with Crippen LogP contribution in [0.5, 0.6) is 11.5 Å². The van der Waals surface area contributed by atoms with Crippen LogP contribution in [0.2, 0.25) is 0 Å². The molecule has 1 fully saturated rings. The standard InChI is InChI=1S/C25H31N3O4/c1-4-32-23-10-9-18(15-24(23)30-3)22(28-11-13-31-14-12-28)16-26-25(29)20-17-27(2)21-8-6-5-7-19(20)21/h5-10,15,17,22H,4,11-14,16H2,1-3H3,(H,26,29)/t22-/m0/s1. The summed E-state index contributed by atoms with van der Waals surface area (Å²) in [5.41, 5.74) is 2.80. The molecule has 0 unspecified atom stereocenters. The Morgan fingerprint density at radius 2 is 1.94 bits per heavy atom. The molecule has 0 spiro atoms. The number of morpholine rings is 1. The summed E-state index contributed by atoms with van der Waals surface area (Å²) in [7, 11) is 3.61. The maximum atomic E-state index is 13.1. The summed E-state index contributed by atoms with van der Waals surface area (Å²) in [5, 5.41) is 4.13. The number of methoxy groups -OCH3 is 1. The number of benzene rings is 2. The van der Waals surface area contributed by atoms with Crippen LogP contribution in [0, 0.1) is 0 Å². The van der Waals surface area contributed by atoms with Crippen LogP contribution < -0.4 is 14.8 Å². The molecule has 2 aromatic carbocycles. The minimum Gasteiger partial charge on any atom is -0.493 e. The Morgan fingerprint density at radius 1 is 1.16 bits per heavy atom. The molecule has 170 valence electrons. The second kappa shape index (κ2) is 10.1. The molecule has 1 amide bonds. The molecule has 4 rings (SSSR count). The van der Waals surface area contributed by atoms with Crippen molar-refractivity contribution in [3.63, 3.8) is 0 Å². The van der Waals surface area contributed by atoms with Crippen LogP contribution in [0.1, 0.15) is 28.9 Å². The highest BCUT2D eigenvalue weighted by Gasteiger charge is 2.25. The molecule has 7 heteroatoms. The number of aryl methyl sites for hydroxylation is 1. The number of fused-ring (bicyclic) bond motifs is 1. The molecule has 1 aromatic heterocycles. The lowest BCUT2D eigenvalue weighted by atomic mass is 10.0. The fourth-order valence-corrected chi connectivity index (χ4v) is 4.32. The first-order chi connectivity index (χ1) is 15.6. The smallest absolute Gasteiger partial charge is 0.253 e. The molecule has 7 nitrogen and oxygen atoms in total. The summed E-state index contributed by atoms with van der Waals surface area (Å²) >= 11 is 0. The van der Waals surface area contributed by atoms with Crippen molar-refractivity contribution < 1.29 is 19.0 Å². The number of aromatic nitrogens is 1. The molecule has 1 N–H and O–H groups in total. The van der Waals surface area contributed by atoms with Crippen LogP contribution in [-0.4, -0.2) is 61.9 Å². The van der Waals surface area contributed by atoms with Gasteiger partial charge in [-0.2, -0.15) is 0 Å². The fraction of sp³-hybridized carbons (Fsp3) is 0.400.